The van der Waals surface area contributed by atoms with Gasteiger partial charge in [-0.15, -0.1) is 11.3 Å². The summed E-state index contributed by atoms with van der Waals surface area (Å²) < 4.78 is 5.21. The molecule has 0 bridgehead atoms. The van der Waals surface area contributed by atoms with Gasteiger partial charge in [-0.05, 0) is 38.7 Å². The van der Waals surface area contributed by atoms with Crippen molar-refractivity contribution in [2.75, 3.05) is 11.9 Å². The Kier molecular flexibility index (Phi) is 6.58. The minimum absolute atomic E-state index is 0.315. The standard InChI is InChI=1S/C18H25NO5S/c1-4-9-24-18(23)14-10(2)11(3)25-16(14)19-15(20)12-7-5-6-8-13(12)17(21)22/h12-13H,4-9H2,1-3H3,(H,19,20)(H,21,22)/p-1/t12-,13+/m1/s1. The van der Waals surface area contributed by atoms with E-state index in [2.05, 4.69) is 5.32 Å². The summed E-state index contributed by atoms with van der Waals surface area (Å²) in [7, 11) is 0. The largest absolute Gasteiger partial charge is 0.550 e. The number of carbonyl (C=O) groups is 3. The fraction of sp³-hybridized carbons (Fsp3) is 0.611. The van der Waals surface area contributed by atoms with Crippen LogP contribution >= 0.6 is 11.3 Å². The van der Waals surface area contributed by atoms with Gasteiger partial charge >= 0.3 is 5.97 Å². The number of thiophene rings is 1. The van der Waals surface area contributed by atoms with Crippen molar-refractivity contribution in [2.24, 2.45) is 11.8 Å². The Labute approximate surface area is 151 Å². The average Bonchev–Trinajstić information content (AvgIpc) is 2.86. The Bertz CT molecular complexity index is 667. The van der Waals surface area contributed by atoms with Crippen LogP contribution in [0, 0.1) is 25.7 Å². The van der Waals surface area contributed by atoms with Gasteiger partial charge in [-0.1, -0.05) is 19.8 Å². The molecule has 1 fully saturated rings. The molecule has 2 rings (SSSR count). The molecule has 1 amide bonds. The zero-order valence-electron chi connectivity index (χ0n) is 14.8. The van der Waals surface area contributed by atoms with Crippen LogP contribution in [0.1, 0.15) is 59.8 Å². The van der Waals surface area contributed by atoms with E-state index >= 15 is 0 Å². The van der Waals surface area contributed by atoms with Crippen LogP contribution in [0.25, 0.3) is 0 Å². The van der Waals surface area contributed by atoms with E-state index in [1.807, 2.05) is 20.8 Å². The zero-order valence-corrected chi connectivity index (χ0v) is 15.7. The number of carboxylic acid groups (broad SMARTS) is 1. The number of rotatable bonds is 6. The molecular weight excluding hydrogens is 342 g/mol. The van der Waals surface area contributed by atoms with Crippen molar-refractivity contribution in [1.29, 1.82) is 0 Å². The second-order valence-corrected chi connectivity index (χ2v) is 7.65. The number of carbonyl (C=O) groups excluding carboxylic acids is 3. The molecule has 1 N–H and O–H groups in total. The first-order valence-corrected chi connectivity index (χ1v) is 9.47. The van der Waals surface area contributed by atoms with Gasteiger partial charge in [-0.2, -0.15) is 0 Å². The predicted octanol–water partition coefficient (Wildman–Crippen LogP) is 2.43. The summed E-state index contributed by atoms with van der Waals surface area (Å²) >= 11 is 1.31. The second kappa shape index (κ2) is 8.47. The maximum absolute atomic E-state index is 12.6. The van der Waals surface area contributed by atoms with Crippen LogP contribution in [-0.4, -0.2) is 24.5 Å². The SMILES string of the molecule is CCCOC(=O)c1c(NC(=O)[C@@H]2CCCC[C@@H]2C(=O)[O-])sc(C)c1C. The summed E-state index contributed by atoms with van der Waals surface area (Å²) in [6, 6.07) is 0. The van der Waals surface area contributed by atoms with E-state index in [-0.39, 0.29) is 5.91 Å². The van der Waals surface area contributed by atoms with Gasteiger partial charge in [0.1, 0.15) is 5.00 Å². The van der Waals surface area contributed by atoms with E-state index in [1.165, 1.54) is 11.3 Å². The highest BCUT2D eigenvalue weighted by atomic mass is 32.1. The monoisotopic (exact) mass is 366 g/mol. The molecule has 1 aliphatic rings. The molecule has 0 saturated heterocycles. The van der Waals surface area contributed by atoms with Gasteiger partial charge in [0.15, 0.2) is 0 Å². The summed E-state index contributed by atoms with van der Waals surface area (Å²) in [5, 5.41) is 14.5. The maximum atomic E-state index is 12.6. The number of esters is 1. The quantitative estimate of drug-likeness (QED) is 0.780. The summed E-state index contributed by atoms with van der Waals surface area (Å²) in [6.45, 7) is 5.91. The molecule has 0 aromatic carbocycles. The third-order valence-electron chi connectivity index (χ3n) is 4.67. The van der Waals surface area contributed by atoms with Crippen LogP contribution in [0.4, 0.5) is 5.00 Å². The lowest BCUT2D eigenvalue weighted by Gasteiger charge is -2.31. The van der Waals surface area contributed by atoms with Crippen molar-refractivity contribution in [3.63, 3.8) is 0 Å². The number of hydrogen-bond acceptors (Lipinski definition) is 6. The van der Waals surface area contributed by atoms with Gasteiger partial charge in [0.2, 0.25) is 5.91 Å². The molecule has 7 heteroatoms. The molecule has 1 aliphatic carbocycles. The van der Waals surface area contributed by atoms with Crippen molar-refractivity contribution >= 4 is 34.2 Å². The number of anilines is 1. The number of aliphatic carboxylic acids is 1. The van der Waals surface area contributed by atoms with E-state index in [0.717, 1.165) is 23.3 Å². The van der Waals surface area contributed by atoms with Crippen LogP contribution in [0.15, 0.2) is 0 Å². The number of carboxylic acids is 1. The van der Waals surface area contributed by atoms with E-state index in [1.54, 1.807) is 0 Å². The van der Waals surface area contributed by atoms with E-state index in [4.69, 9.17) is 4.74 Å². The first kappa shape index (κ1) is 19.4. The van der Waals surface area contributed by atoms with Crippen LogP contribution in [0.3, 0.4) is 0 Å². The number of aryl methyl sites for hydroxylation is 1. The van der Waals surface area contributed by atoms with E-state index < -0.39 is 23.8 Å². The van der Waals surface area contributed by atoms with Gasteiger partial charge in [0.25, 0.3) is 0 Å². The topological polar surface area (TPSA) is 95.5 Å². The van der Waals surface area contributed by atoms with Gasteiger partial charge in [-0.25, -0.2) is 4.79 Å². The molecule has 0 unspecified atom stereocenters. The smallest absolute Gasteiger partial charge is 0.341 e. The number of nitrogens with one attached hydrogen (secondary N) is 1. The molecule has 1 heterocycles. The molecule has 0 radical (unpaired) electrons. The van der Waals surface area contributed by atoms with Crippen molar-refractivity contribution in [2.45, 2.75) is 52.9 Å². The molecule has 138 valence electrons. The second-order valence-electron chi connectivity index (χ2n) is 6.43. The van der Waals surface area contributed by atoms with Gasteiger partial charge in [-0.3, -0.25) is 4.79 Å². The zero-order chi connectivity index (χ0) is 18.6. The highest BCUT2D eigenvalue weighted by Gasteiger charge is 2.33. The maximum Gasteiger partial charge on any atom is 0.341 e. The fourth-order valence-electron chi connectivity index (χ4n) is 3.16. The third-order valence-corrected chi connectivity index (χ3v) is 5.79. The predicted molar refractivity (Wildman–Crippen MR) is 93.5 cm³/mol. The lowest BCUT2D eigenvalue weighted by Crippen LogP contribution is -2.42. The van der Waals surface area contributed by atoms with E-state index in [9.17, 15) is 19.5 Å². The number of hydrogen-bond donors (Lipinski definition) is 1. The summed E-state index contributed by atoms with van der Waals surface area (Å²) in [6.07, 6.45) is 3.28. The first-order chi connectivity index (χ1) is 11.9. The Hall–Kier alpha value is -1.89. The van der Waals surface area contributed by atoms with Crippen LogP contribution in [0.2, 0.25) is 0 Å². The Balaban J connectivity index is 2.21. The summed E-state index contributed by atoms with van der Waals surface area (Å²) in [4.78, 5) is 37.2. The van der Waals surface area contributed by atoms with Gasteiger partial charge in [0, 0.05) is 22.7 Å². The van der Waals surface area contributed by atoms with Crippen molar-refractivity contribution < 1.29 is 24.2 Å². The molecule has 25 heavy (non-hydrogen) atoms. The normalized spacial score (nSPS) is 20.1. The Morgan fingerprint density at radius 3 is 2.44 bits per heavy atom. The van der Waals surface area contributed by atoms with Gasteiger partial charge in [0.05, 0.1) is 12.2 Å². The molecule has 1 saturated carbocycles. The number of amides is 1. The lowest BCUT2D eigenvalue weighted by atomic mass is 9.79. The van der Waals surface area contributed by atoms with Crippen LogP contribution < -0.4 is 10.4 Å². The Morgan fingerprint density at radius 2 is 1.84 bits per heavy atom. The fourth-order valence-corrected chi connectivity index (χ4v) is 4.21. The van der Waals surface area contributed by atoms with E-state index in [0.29, 0.717) is 36.4 Å². The molecular formula is C18H24NO5S-. The summed E-state index contributed by atoms with van der Waals surface area (Å²) in [5.41, 5.74) is 1.15. The number of ether oxygens (including phenoxy) is 1. The highest BCUT2D eigenvalue weighted by molar-refractivity contribution is 7.16. The first-order valence-electron chi connectivity index (χ1n) is 8.65. The molecule has 1 aromatic rings. The van der Waals surface area contributed by atoms with Crippen molar-refractivity contribution in [1.82, 2.24) is 0 Å². The summed E-state index contributed by atoms with van der Waals surface area (Å²) in [5.74, 6) is -3.40. The molecule has 0 spiro atoms. The average molecular weight is 366 g/mol. The molecule has 1 aromatic heterocycles. The van der Waals surface area contributed by atoms with Crippen LogP contribution in [0.5, 0.6) is 0 Å². The van der Waals surface area contributed by atoms with Crippen LogP contribution in [-0.2, 0) is 14.3 Å². The third kappa shape index (κ3) is 4.39. The molecule has 6 nitrogen and oxygen atoms in total. The molecule has 2 atom stereocenters. The van der Waals surface area contributed by atoms with Crippen molar-refractivity contribution in [3.8, 4) is 0 Å². The minimum atomic E-state index is -1.18. The highest BCUT2D eigenvalue weighted by Crippen LogP contribution is 2.35. The lowest BCUT2D eigenvalue weighted by molar-refractivity contribution is -0.313. The Morgan fingerprint density at radius 1 is 1.20 bits per heavy atom. The minimum Gasteiger partial charge on any atom is -0.550 e. The molecule has 0 aliphatic heterocycles. The van der Waals surface area contributed by atoms with Crippen molar-refractivity contribution in [3.05, 3.63) is 16.0 Å². The van der Waals surface area contributed by atoms with Gasteiger partial charge < -0.3 is 20.0 Å².